The fourth-order valence-corrected chi connectivity index (χ4v) is 2.75. The van der Waals surface area contributed by atoms with Crippen molar-refractivity contribution in [2.24, 2.45) is 5.92 Å². The zero-order valence-electron chi connectivity index (χ0n) is 12.0. The fraction of sp³-hybridized carbons (Fsp3) is 0.929. The van der Waals surface area contributed by atoms with E-state index < -0.39 is 5.97 Å². The van der Waals surface area contributed by atoms with E-state index in [1.54, 1.807) is 0 Å². The average molecular weight is 256 g/mol. The summed E-state index contributed by atoms with van der Waals surface area (Å²) in [7, 11) is 0. The first-order valence-electron chi connectivity index (χ1n) is 7.26. The lowest BCUT2D eigenvalue weighted by Crippen LogP contribution is -2.52. The van der Waals surface area contributed by atoms with Gasteiger partial charge in [0.15, 0.2) is 0 Å². The van der Waals surface area contributed by atoms with Crippen LogP contribution in [-0.4, -0.2) is 47.7 Å². The molecule has 0 saturated carbocycles. The summed E-state index contributed by atoms with van der Waals surface area (Å²) >= 11 is 0. The van der Waals surface area contributed by atoms with Crippen molar-refractivity contribution in [3.8, 4) is 0 Å². The number of nitrogens with zero attached hydrogens (tertiary/aromatic N) is 1. The molecule has 0 amide bonds. The number of aliphatic carboxylic acids is 1. The molecule has 0 aliphatic carbocycles. The van der Waals surface area contributed by atoms with E-state index in [1.165, 1.54) is 0 Å². The van der Waals surface area contributed by atoms with Crippen LogP contribution in [0.4, 0.5) is 0 Å². The van der Waals surface area contributed by atoms with E-state index >= 15 is 0 Å². The van der Waals surface area contributed by atoms with Crippen molar-refractivity contribution in [1.82, 2.24) is 10.2 Å². The molecule has 3 unspecified atom stereocenters. The lowest BCUT2D eigenvalue weighted by Gasteiger charge is -2.40. The minimum absolute atomic E-state index is 0.291. The zero-order valence-corrected chi connectivity index (χ0v) is 12.0. The number of hydrogen-bond donors (Lipinski definition) is 2. The first-order chi connectivity index (χ1) is 8.56. The minimum Gasteiger partial charge on any atom is -0.481 e. The molecular weight excluding hydrogens is 228 g/mol. The molecule has 0 aromatic heterocycles. The number of piperidine rings is 1. The number of carbonyl (C=O) groups is 1. The number of carboxylic acids is 1. The monoisotopic (exact) mass is 256 g/mol. The molecule has 1 fully saturated rings. The van der Waals surface area contributed by atoms with Crippen molar-refractivity contribution in [1.29, 1.82) is 0 Å². The summed E-state index contributed by atoms with van der Waals surface area (Å²) in [6, 6.07) is 1.00. The number of likely N-dealkylation sites (tertiary alicyclic amines) is 1. The molecule has 1 heterocycles. The van der Waals surface area contributed by atoms with Crippen molar-refractivity contribution in [3.05, 3.63) is 0 Å². The van der Waals surface area contributed by atoms with Gasteiger partial charge in [-0.2, -0.15) is 0 Å². The van der Waals surface area contributed by atoms with Crippen LogP contribution in [-0.2, 0) is 4.79 Å². The maximum absolute atomic E-state index is 10.9. The molecule has 1 aliphatic rings. The highest BCUT2D eigenvalue weighted by Gasteiger charge is 2.29. The molecule has 18 heavy (non-hydrogen) atoms. The second kappa shape index (κ2) is 7.74. The zero-order chi connectivity index (χ0) is 13.5. The second-order valence-electron chi connectivity index (χ2n) is 5.56. The standard InChI is InChI=1S/C14H28N2O2/c1-4-6-15-13-7-12(8-14(17)18)9-16(10-13)11(3)5-2/h11-13,15H,4-10H2,1-3H3,(H,17,18). The number of hydrogen-bond acceptors (Lipinski definition) is 3. The molecular formula is C14H28N2O2. The Balaban J connectivity index is 2.56. The van der Waals surface area contributed by atoms with E-state index in [9.17, 15) is 4.79 Å². The van der Waals surface area contributed by atoms with Gasteiger partial charge >= 0.3 is 5.97 Å². The van der Waals surface area contributed by atoms with Crippen LogP contribution in [0.3, 0.4) is 0 Å². The Morgan fingerprint density at radius 2 is 2.17 bits per heavy atom. The molecule has 0 spiro atoms. The van der Waals surface area contributed by atoms with Crippen LogP contribution >= 0.6 is 0 Å². The summed E-state index contributed by atoms with van der Waals surface area (Å²) in [6.07, 6.45) is 3.56. The van der Waals surface area contributed by atoms with E-state index in [1.807, 2.05) is 0 Å². The predicted molar refractivity (Wildman–Crippen MR) is 73.8 cm³/mol. The first kappa shape index (κ1) is 15.4. The molecule has 0 radical (unpaired) electrons. The van der Waals surface area contributed by atoms with Crippen LogP contribution in [0.15, 0.2) is 0 Å². The van der Waals surface area contributed by atoms with E-state index in [-0.39, 0.29) is 0 Å². The average Bonchev–Trinajstić information content (AvgIpc) is 2.34. The molecule has 0 aromatic carbocycles. The van der Waals surface area contributed by atoms with Gasteiger partial charge in [-0.05, 0) is 38.6 Å². The minimum atomic E-state index is -0.666. The predicted octanol–water partition coefficient (Wildman–Crippen LogP) is 1.95. The first-order valence-corrected chi connectivity index (χ1v) is 7.26. The lowest BCUT2D eigenvalue weighted by molar-refractivity contribution is -0.138. The summed E-state index contributed by atoms with van der Waals surface area (Å²) in [6.45, 7) is 9.62. The fourth-order valence-electron chi connectivity index (χ4n) is 2.75. The maximum atomic E-state index is 10.9. The number of nitrogens with one attached hydrogen (secondary N) is 1. The third-order valence-electron chi connectivity index (χ3n) is 3.93. The van der Waals surface area contributed by atoms with Crippen LogP contribution in [0, 0.1) is 5.92 Å². The van der Waals surface area contributed by atoms with Crippen LogP contribution in [0.5, 0.6) is 0 Å². The summed E-state index contributed by atoms with van der Waals surface area (Å²) in [5.41, 5.74) is 0. The van der Waals surface area contributed by atoms with Crippen molar-refractivity contribution in [2.75, 3.05) is 19.6 Å². The maximum Gasteiger partial charge on any atom is 0.303 e. The lowest BCUT2D eigenvalue weighted by atomic mass is 9.90. The summed E-state index contributed by atoms with van der Waals surface area (Å²) in [5, 5.41) is 12.5. The van der Waals surface area contributed by atoms with E-state index in [0.29, 0.717) is 24.4 Å². The molecule has 0 aromatic rings. The molecule has 4 heteroatoms. The quantitative estimate of drug-likeness (QED) is 0.731. The van der Waals surface area contributed by atoms with Crippen LogP contribution in [0.1, 0.15) is 46.5 Å². The van der Waals surface area contributed by atoms with Gasteiger partial charge in [0.1, 0.15) is 0 Å². The molecule has 3 atom stereocenters. The van der Waals surface area contributed by atoms with Gasteiger partial charge in [0.05, 0.1) is 0 Å². The Bertz CT molecular complexity index is 258. The van der Waals surface area contributed by atoms with Gasteiger partial charge in [-0.1, -0.05) is 13.8 Å². The Morgan fingerprint density at radius 3 is 2.72 bits per heavy atom. The summed E-state index contributed by atoms with van der Waals surface area (Å²) in [4.78, 5) is 13.3. The smallest absolute Gasteiger partial charge is 0.303 e. The van der Waals surface area contributed by atoms with Crippen molar-refractivity contribution in [3.63, 3.8) is 0 Å². The molecule has 4 nitrogen and oxygen atoms in total. The highest BCUT2D eigenvalue weighted by Crippen LogP contribution is 2.22. The molecule has 1 aliphatic heterocycles. The van der Waals surface area contributed by atoms with Crippen molar-refractivity contribution in [2.45, 2.75) is 58.5 Å². The number of carboxylic acid groups (broad SMARTS) is 1. The van der Waals surface area contributed by atoms with Crippen LogP contribution < -0.4 is 5.32 Å². The summed E-state index contributed by atoms with van der Waals surface area (Å²) in [5.74, 6) is -0.375. The Kier molecular flexibility index (Phi) is 6.65. The SMILES string of the molecule is CCCNC1CC(CC(=O)O)CN(C(C)CC)C1. The highest BCUT2D eigenvalue weighted by molar-refractivity contribution is 5.67. The van der Waals surface area contributed by atoms with Gasteiger partial charge in [0.25, 0.3) is 0 Å². The van der Waals surface area contributed by atoms with E-state index in [2.05, 4.69) is 31.0 Å². The number of rotatable bonds is 7. The van der Waals surface area contributed by atoms with Gasteiger partial charge in [0.2, 0.25) is 0 Å². The molecule has 2 N–H and O–H groups in total. The van der Waals surface area contributed by atoms with E-state index in [0.717, 1.165) is 38.9 Å². The van der Waals surface area contributed by atoms with Crippen molar-refractivity contribution >= 4 is 5.97 Å². The second-order valence-corrected chi connectivity index (χ2v) is 5.56. The van der Waals surface area contributed by atoms with Gasteiger partial charge in [-0.25, -0.2) is 0 Å². The third-order valence-corrected chi connectivity index (χ3v) is 3.93. The topological polar surface area (TPSA) is 52.6 Å². The van der Waals surface area contributed by atoms with Crippen LogP contribution in [0.25, 0.3) is 0 Å². The van der Waals surface area contributed by atoms with Gasteiger partial charge in [-0.3, -0.25) is 9.69 Å². The molecule has 1 rings (SSSR count). The Morgan fingerprint density at radius 1 is 1.44 bits per heavy atom. The molecule has 0 bridgehead atoms. The van der Waals surface area contributed by atoms with Gasteiger partial charge in [-0.15, -0.1) is 0 Å². The van der Waals surface area contributed by atoms with Crippen molar-refractivity contribution < 1.29 is 9.90 Å². The molecule has 106 valence electrons. The van der Waals surface area contributed by atoms with Crippen LogP contribution in [0.2, 0.25) is 0 Å². The van der Waals surface area contributed by atoms with Gasteiger partial charge in [0, 0.05) is 31.6 Å². The van der Waals surface area contributed by atoms with E-state index in [4.69, 9.17) is 5.11 Å². The molecule has 1 saturated heterocycles. The summed E-state index contributed by atoms with van der Waals surface area (Å²) < 4.78 is 0. The Hall–Kier alpha value is -0.610. The third kappa shape index (κ3) is 4.94. The van der Waals surface area contributed by atoms with Gasteiger partial charge < -0.3 is 10.4 Å². The normalized spacial score (nSPS) is 27.1. The largest absolute Gasteiger partial charge is 0.481 e. The highest BCUT2D eigenvalue weighted by atomic mass is 16.4. The Labute approximate surface area is 111 Å².